The number of likely N-dealkylation sites (N-methyl/N-ethyl adjacent to an activating group) is 1. The summed E-state index contributed by atoms with van der Waals surface area (Å²) in [4.78, 5) is 38.2. The first-order valence-electron chi connectivity index (χ1n) is 8.56. The number of rotatable bonds is 9. The van der Waals surface area contributed by atoms with Crippen molar-refractivity contribution in [3.8, 4) is 0 Å². The molecule has 0 aromatic carbocycles. The van der Waals surface area contributed by atoms with Crippen LogP contribution in [0.3, 0.4) is 0 Å². The zero-order valence-electron chi connectivity index (χ0n) is 16.3. The molecule has 0 bridgehead atoms. The Labute approximate surface area is 151 Å². The van der Waals surface area contributed by atoms with Gasteiger partial charge in [0.15, 0.2) is 0 Å². The Morgan fingerprint density at radius 2 is 1.68 bits per heavy atom. The Bertz CT molecular complexity index is 483. The number of hydrogen-bond donors (Lipinski definition) is 2. The molecule has 1 unspecified atom stereocenters. The van der Waals surface area contributed by atoms with Crippen LogP contribution in [0.15, 0.2) is 12.7 Å². The fraction of sp³-hybridized carbons (Fsp3) is 0.722. The topological polar surface area (TPSA) is 90.0 Å². The molecule has 0 saturated carbocycles. The molecule has 0 aliphatic heterocycles. The Morgan fingerprint density at radius 3 is 2.08 bits per heavy atom. The third kappa shape index (κ3) is 7.69. The fourth-order valence-electron chi connectivity index (χ4n) is 2.51. The molecule has 3 amide bonds. The standard InChI is InChI=1S/C18H33N3O4/c1-8-11-20(12-13(2)3)14(22)9-10-15(23)21(25)16(17(24)19-7)18(4,5)6/h8,13,16,25H,1,9-12H2,2-7H3,(H,19,24). The van der Waals surface area contributed by atoms with Gasteiger partial charge in [0, 0.05) is 33.0 Å². The smallest absolute Gasteiger partial charge is 0.247 e. The molecule has 0 aliphatic rings. The first-order valence-corrected chi connectivity index (χ1v) is 8.56. The molecule has 144 valence electrons. The average molecular weight is 355 g/mol. The Morgan fingerprint density at radius 1 is 1.16 bits per heavy atom. The van der Waals surface area contributed by atoms with E-state index in [-0.39, 0.29) is 18.7 Å². The highest BCUT2D eigenvalue weighted by Crippen LogP contribution is 2.24. The SMILES string of the molecule is C=CCN(CC(C)C)C(=O)CCC(=O)N(O)C(C(=O)NC)C(C)(C)C. The highest BCUT2D eigenvalue weighted by Gasteiger charge is 2.38. The van der Waals surface area contributed by atoms with E-state index < -0.39 is 23.3 Å². The van der Waals surface area contributed by atoms with Gasteiger partial charge in [0.2, 0.25) is 17.7 Å². The van der Waals surface area contributed by atoms with Gasteiger partial charge in [-0.05, 0) is 11.3 Å². The van der Waals surface area contributed by atoms with Gasteiger partial charge in [0.1, 0.15) is 6.04 Å². The van der Waals surface area contributed by atoms with Gasteiger partial charge in [-0.1, -0.05) is 40.7 Å². The predicted octanol–water partition coefficient (Wildman–Crippen LogP) is 1.82. The second-order valence-electron chi connectivity index (χ2n) is 7.60. The van der Waals surface area contributed by atoms with Crippen molar-refractivity contribution in [3.63, 3.8) is 0 Å². The molecular weight excluding hydrogens is 322 g/mol. The quantitative estimate of drug-likeness (QED) is 0.375. The van der Waals surface area contributed by atoms with E-state index in [0.29, 0.717) is 24.1 Å². The van der Waals surface area contributed by atoms with Crippen LogP contribution in [0.1, 0.15) is 47.5 Å². The molecular formula is C18H33N3O4. The van der Waals surface area contributed by atoms with Gasteiger partial charge in [-0.3, -0.25) is 19.6 Å². The number of hydrogen-bond acceptors (Lipinski definition) is 4. The minimum absolute atomic E-state index is 0.0267. The van der Waals surface area contributed by atoms with Crippen LogP contribution in [-0.2, 0) is 14.4 Å². The number of carbonyl (C=O) groups is 3. The van der Waals surface area contributed by atoms with Crippen LogP contribution in [0, 0.1) is 11.3 Å². The van der Waals surface area contributed by atoms with Crippen molar-refractivity contribution in [1.29, 1.82) is 0 Å². The maximum absolute atomic E-state index is 12.3. The minimum Gasteiger partial charge on any atom is -0.357 e. The lowest BCUT2D eigenvalue weighted by Gasteiger charge is -2.34. The first kappa shape index (κ1) is 23.1. The lowest BCUT2D eigenvalue weighted by molar-refractivity contribution is -0.189. The summed E-state index contributed by atoms with van der Waals surface area (Å²) in [5.74, 6) is -0.988. The van der Waals surface area contributed by atoms with Crippen LogP contribution in [0.4, 0.5) is 0 Å². The summed E-state index contributed by atoms with van der Waals surface area (Å²) in [5, 5.41) is 13.1. The molecule has 0 heterocycles. The van der Waals surface area contributed by atoms with Crippen LogP contribution in [0.5, 0.6) is 0 Å². The Kier molecular flexibility index (Phi) is 9.41. The van der Waals surface area contributed by atoms with E-state index in [1.807, 2.05) is 13.8 Å². The molecule has 0 saturated heterocycles. The van der Waals surface area contributed by atoms with Crippen LogP contribution in [0.2, 0.25) is 0 Å². The third-order valence-corrected chi connectivity index (χ3v) is 3.66. The lowest BCUT2D eigenvalue weighted by Crippen LogP contribution is -2.54. The van der Waals surface area contributed by atoms with Gasteiger partial charge < -0.3 is 10.2 Å². The highest BCUT2D eigenvalue weighted by molar-refractivity contribution is 5.89. The molecule has 0 fully saturated rings. The van der Waals surface area contributed by atoms with Gasteiger partial charge in [0.25, 0.3) is 0 Å². The van der Waals surface area contributed by atoms with Gasteiger partial charge in [-0.25, -0.2) is 5.06 Å². The average Bonchev–Trinajstić information content (AvgIpc) is 2.49. The minimum atomic E-state index is -1.03. The summed E-state index contributed by atoms with van der Waals surface area (Å²) < 4.78 is 0. The van der Waals surface area contributed by atoms with Crippen LogP contribution in [-0.4, -0.2) is 59.1 Å². The van der Waals surface area contributed by atoms with Crippen LogP contribution < -0.4 is 5.32 Å². The van der Waals surface area contributed by atoms with Crippen molar-refractivity contribution < 1.29 is 19.6 Å². The van der Waals surface area contributed by atoms with E-state index in [1.165, 1.54) is 7.05 Å². The summed E-state index contributed by atoms with van der Waals surface area (Å²) in [6, 6.07) is -1.03. The number of nitrogens with one attached hydrogen (secondary N) is 1. The van der Waals surface area contributed by atoms with E-state index in [1.54, 1.807) is 31.7 Å². The van der Waals surface area contributed by atoms with Crippen molar-refractivity contribution in [2.24, 2.45) is 11.3 Å². The lowest BCUT2D eigenvalue weighted by atomic mass is 9.85. The van der Waals surface area contributed by atoms with E-state index >= 15 is 0 Å². The normalized spacial score (nSPS) is 12.5. The van der Waals surface area contributed by atoms with E-state index in [9.17, 15) is 19.6 Å². The summed E-state index contributed by atoms with van der Waals surface area (Å²) >= 11 is 0. The summed E-state index contributed by atoms with van der Waals surface area (Å²) in [6.07, 6.45) is 1.45. The van der Waals surface area contributed by atoms with Crippen molar-refractivity contribution in [1.82, 2.24) is 15.3 Å². The molecule has 0 rings (SSSR count). The largest absolute Gasteiger partial charge is 0.357 e. The highest BCUT2D eigenvalue weighted by atomic mass is 16.5. The summed E-state index contributed by atoms with van der Waals surface area (Å²) in [7, 11) is 1.45. The zero-order chi connectivity index (χ0) is 19.8. The predicted molar refractivity (Wildman–Crippen MR) is 96.8 cm³/mol. The van der Waals surface area contributed by atoms with Crippen molar-refractivity contribution >= 4 is 17.7 Å². The molecule has 0 radical (unpaired) electrons. The molecule has 25 heavy (non-hydrogen) atoms. The number of nitrogens with zero attached hydrogens (tertiary/aromatic N) is 2. The molecule has 0 aromatic rings. The molecule has 0 aliphatic carbocycles. The molecule has 7 heteroatoms. The maximum Gasteiger partial charge on any atom is 0.247 e. The second kappa shape index (κ2) is 10.2. The van der Waals surface area contributed by atoms with Crippen molar-refractivity contribution in [2.75, 3.05) is 20.1 Å². The van der Waals surface area contributed by atoms with Crippen LogP contribution >= 0.6 is 0 Å². The third-order valence-electron chi connectivity index (χ3n) is 3.66. The molecule has 0 aromatic heterocycles. The molecule has 7 nitrogen and oxygen atoms in total. The Hall–Kier alpha value is -1.89. The van der Waals surface area contributed by atoms with Gasteiger partial charge >= 0.3 is 0 Å². The summed E-state index contributed by atoms with van der Waals surface area (Å²) in [6.45, 7) is 13.9. The maximum atomic E-state index is 12.3. The second-order valence-corrected chi connectivity index (χ2v) is 7.60. The van der Waals surface area contributed by atoms with Crippen molar-refractivity contribution in [2.45, 2.75) is 53.5 Å². The fourth-order valence-corrected chi connectivity index (χ4v) is 2.51. The monoisotopic (exact) mass is 355 g/mol. The molecule has 0 spiro atoms. The molecule has 2 N–H and O–H groups in total. The van der Waals surface area contributed by atoms with E-state index in [4.69, 9.17) is 0 Å². The van der Waals surface area contributed by atoms with E-state index in [0.717, 1.165) is 0 Å². The Balaban J connectivity index is 4.92. The number of hydroxylamine groups is 2. The summed E-state index contributed by atoms with van der Waals surface area (Å²) in [5.41, 5.74) is -0.652. The zero-order valence-corrected chi connectivity index (χ0v) is 16.3. The molecule has 1 atom stereocenters. The van der Waals surface area contributed by atoms with E-state index in [2.05, 4.69) is 11.9 Å². The first-order chi connectivity index (χ1) is 11.4. The van der Waals surface area contributed by atoms with Crippen LogP contribution in [0.25, 0.3) is 0 Å². The van der Waals surface area contributed by atoms with Gasteiger partial charge in [0.05, 0.1) is 0 Å². The van der Waals surface area contributed by atoms with Crippen molar-refractivity contribution in [3.05, 3.63) is 12.7 Å². The number of amides is 3. The number of carbonyl (C=O) groups excluding carboxylic acids is 3. The van der Waals surface area contributed by atoms with Gasteiger partial charge in [-0.15, -0.1) is 6.58 Å². The van der Waals surface area contributed by atoms with Gasteiger partial charge in [-0.2, -0.15) is 0 Å².